The molecule has 19 aromatic rings. The van der Waals surface area contributed by atoms with Gasteiger partial charge in [0.15, 0.2) is 0 Å². The zero-order chi connectivity index (χ0) is 60.8. The minimum Gasteiger partial charge on any atom is -0.497 e. The third-order valence-corrected chi connectivity index (χ3v) is 19.2. The SMILES string of the molecule is COc1ccc2cc(-c3c4ccccc4c(-c4cccc(-n5c6ccccc6c6ccccc65)c4)c4ccccc34)ccc2c1.c1cc(-c2c3ccccc3c(-c3ccc4ccc5ccccc5c4c3)c3ccccc23)cc(-n2c3ccccc3c3ccccc32)c1. The first-order chi connectivity index (χ1) is 45.6. The first-order valence-electron chi connectivity index (χ1n) is 31.7. The molecule has 2 aromatic heterocycles. The van der Waals surface area contributed by atoms with E-state index >= 15 is 0 Å². The van der Waals surface area contributed by atoms with Gasteiger partial charge in [-0.15, -0.1) is 0 Å². The molecule has 0 bridgehead atoms. The van der Waals surface area contributed by atoms with E-state index in [0.29, 0.717) is 0 Å². The van der Waals surface area contributed by atoms with Crippen molar-refractivity contribution in [1.29, 1.82) is 0 Å². The lowest BCUT2D eigenvalue weighted by Gasteiger charge is -2.19. The van der Waals surface area contributed by atoms with Crippen molar-refractivity contribution in [2.45, 2.75) is 0 Å². The van der Waals surface area contributed by atoms with Gasteiger partial charge in [0, 0.05) is 32.9 Å². The second kappa shape index (κ2) is 21.6. The van der Waals surface area contributed by atoms with Gasteiger partial charge in [-0.25, -0.2) is 0 Å². The fourth-order valence-electron chi connectivity index (χ4n) is 15.2. The van der Waals surface area contributed by atoms with Crippen molar-refractivity contribution in [3.8, 4) is 61.6 Å². The maximum absolute atomic E-state index is 5.48. The number of ether oxygens (including phenoxy) is 1. The number of methoxy groups -OCH3 is 1. The summed E-state index contributed by atoms with van der Waals surface area (Å²) in [5, 5.41) is 22.6. The van der Waals surface area contributed by atoms with Crippen LogP contribution in [0, 0.1) is 0 Å². The van der Waals surface area contributed by atoms with Crippen LogP contribution in [-0.4, -0.2) is 16.2 Å². The van der Waals surface area contributed by atoms with Gasteiger partial charge in [-0.1, -0.05) is 261 Å². The Morgan fingerprint density at radius 1 is 0.196 bits per heavy atom. The molecule has 3 nitrogen and oxygen atoms in total. The highest BCUT2D eigenvalue weighted by Crippen LogP contribution is 2.48. The van der Waals surface area contributed by atoms with E-state index in [4.69, 9.17) is 4.74 Å². The average Bonchev–Trinajstić information content (AvgIpc) is 0.916. The van der Waals surface area contributed by atoms with Crippen molar-refractivity contribution in [3.05, 3.63) is 334 Å². The molecule has 0 aliphatic rings. The number of rotatable bonds is 7. The summed E-state index contributed by atoms with van der Waals surface area (Å²) in [6, 6.07) is 122. The molecule has 0 saturated carbocycles. The van der Waals surface area contributed by atoms with E-state index in [1.807, 2.05) is 6.07 Å². The largest absolute Gasteiger partial charge is 0.497 e. The summed E-state index contributed by atoms with van der Waals surface area (Å²) in [5.74, 6) is 0.874. The first kappa shape index (κ1) is 53.0. The lowest BCUT2D eigenvalue weighted by Crippen LogP contribution is -1.95. The van der Waals surface area contributed by atoms with Crippen LogP contribution in [-0.2, 0) is 0 Å². The number of benzene rings is 17. The first-order valence-corrected chi connectivity index (χ1v) is 31.7. The third kappa shape index (κ3) is 8.51. The van der Waals surface area contributed by atoms with Gasteiger partial charge in [0.25, 0.3) is 0 Å². The fraction of sp³-hybridized carbons (Fsp3) is 0.0112. The number of hydrogen-bond acceptors (Lipinski definition) is 1. The number of nitrogens with zero attached hydrogens (tertiary/aromatic N) is 2. The molecule has 0 spiro atoms. The van der Waals surface area contributed by atoms with Gasteiger partial charge in [0.2, 0.25) is 0 Å². The van der Waals surface area contributed by atoms with E-state index in [9.17, 15) is 0 Å². The van der Waals surface area contributed by atoms with Crippen molar-refractivity contribution in [1.82, 2.24) is 9.13 Å². The fourth-order valence-corrected chi connectivity index (χ4v) is 15.2. The van der Waals surface area contributed by atoms with Crippen molar-refractivity contribution in [2.75, 3.05) is 7.11 Å². The monoisotopic (exact) mass is 1170 g/mol. The predicted molar refractivity (Wildman–Crippen MR) is 392 cm³/mol. The Morgan fingerprint density at radius 3 is 0.891 bits per heavy atom. The van der Waals surface area contributed by atoms with E-state index in [2.05, 4.69) is 337 Å². The second-order valence-corrected chi connectivity index (χ2v) is 24.2. The lowest BCUT2D eigenvalue weighted by atomic mass is 9.85. The Kier molecular flexibility index (Phi) is 12.5. The minimum atomic E-state index is 0.874. The predicted octanol–water partition coefficient (Wildman–Crippen LogP) is 24.3. The molecule has 0 unspecified atom stereocenters. The van der Waals surface area contributed by atoms with Crippen LogP contribution in [0.5, 0.6) is 5.75 Å². The molecule has 0 amide bonds. The van der Waals surface area contributed by atoms with E-state index in [1.165, 1.54) is 169 Å². The molecule has 0 atom stereocenters. The summed E-state index contributed by atoms with van der Waals surface area (Å²) in [6.07, 6.45) is 0. The molecule has 0 saturated heterocycles. The van der Waals surface area contributed by atoms with Crippen LogP contribution in [0.3, 0.4) is 0 Å². The Labute approximate surface area is 532 Å². The molecular weight excluding hydrogens is 1110 g/mol. The zero-order valence-electron chi connectivity index (χ0n) is 50.6. The summed E-state index contributed by atoms with van der Waals surface area (Å²) in [7, 11) is 1.72. The second-order valence-electron chi connectivity index (χ2n) is 24.2. The van der Waals surface area contributed by atoms with Gasteiger partial charge in [0.05, 0.1) is 29.2 Å². The summed E-state index contributed by atoms with van der Waals surface area (Å²) in [4.78, 5) is 0. The molecule has 92 heavy (non-hydrogen) atoms. The Bertz CT molecular complexity index is 5980. The molecule has 0 fully saturated rings. The minimum absolute atomic E-state index is 0.874. The van der Waals surface area contributed by atoms with Crippen molar-refractivity contribution in [3.63, 3.8) is 0 Å². The molecule has 2 heterocycles. The summed E-state index contributed by atoms with van der Waals surface area (Å²) in [5.41, 5.74) is 17.2. The molecule has 19 rings (SSSR count). The van der Waals surface area contributed by atoms with E-state index < -0.39 is 0 Å². The number of fused-ring (bicyclic) bond motifs is 14. The van der Waals surface area contributed by atoms with E-state index in [0.717, 1.165) is 11.4 Å². The van der Waals surface area contributed by atoms with Crippen molar-refractivity contribution in [2.24, 2.45) is 0 Å². The average molecular weight is 1170 g/mol. The van der Waals surface area contributed by atoms with Crippen LogP contribution in [0.4, 0.5) is 0 Å². The third-order valence-electron chi connectivity index (χ3n) is 19.2. The number of hydrogen-bond donors (Lipinski definition) is 0. The van der Waals surface area contributed by atoms with Crippen LogP contribution < -0.4 is 4.74 Å². The van der Waals surface area contributed by atoms with Crippen molar-refractivity contribution < 1.29 is 4.74 Å². The summed E-state index contributed by atoms with van der Waals surface area (Å²) in [6.45, 7) is 0. The molecule has 430 valence electrons. The maximum Gasteiger partial charge on any atom is 0.119 e. The van der Waals surface area contributed by atoms with Gasteiger partial charge >= 0.3 is 0 Å². The molecule has 0 aliphatic heterocycles. The highest BCUT2D eigenvalue weighted by Gasteiger charge is 2.22. The summed E-state index contributed by atoms with van der Waals surface area (Å²) < 4.78 is 10.3. The smallest absolute Gasteiger partial charge is 0.119 e. The molecule has 0 N–H and O–H groups in total. The molecule has 3 heteroatoms. The van der Waals surface area contributed by atoms with E-state index in [1.54, 1.807) is 7.11 Å². The van der Waals surface area contributed by atoms with Gasteiger partial charge in [-0.2, -0.15) is 0 Å². The van der Waals surface area contributed by atoms with Gasteiger partial charge in [-0.05, 0) is 193 Å². The van der Waals surface area contributed by atoms with Gasteiger partial charge in [0.1, 0.15) is 5.75 Å². The molecule has 0 aliphatic carbocycles. The quantitative estimate of drug-likeness (QED) is 0.115. The van der Waals surface area contributed by atoms with Crippen LogP contribution >= 0.6 is 0 Å². The topological polar surface area (TPSA) is 19.1 Å². The van der Waals surface area contributed by atoms with Crippen molar-refractivity contribution >= 4 is 119 Å². The van der Waals surface area contributed by atoms with Crippen LogP contribution in [0.2, 0.25) is 0 Å². The van der Waals surface area contributed by atoms with Crippen LogP contribution in [0.1, 0.15) is 0 Å². The Morgan fingerprint density at radius 2 is 0.489 bits per heavy atom. The van der Waals surface area contributed by atoms with E-state index in [-0.39, 0.29) is 0 Å². The number of aromatic nitrogens is 2. The molecule has 0 radical (unpaired) electrons. The van der Waals surface area contributed by atoms with Crippen LogP contribution in [0.15, 0.2) is 334 Å². The standard InChI is InChI=1S/C46H29N.C43H29NO/c1-2-15-35-30(12-1)24-25-31-26-27-33(29-42(31)35)46-40-20-5-3-18-38(40)45(39-19-4-6-21-41(39)46)32-13-11-14-34(28-32)47-43-22-9-7-16-36(43)37-17-8-10-23-44(37)47;1-45-33-24-23-28-25-31(22-21-29(28)27-33)43-38-17-4-2-15-36(38)42(37-16-3-5-18-39(37)43)30-11-10-12-32(26-30)44-40-19-8-6-13-34(40)35-14-7-9-20-41(35)44/h1-29H;2-27H,1H3. The van der Waals surface area contributed by atoms with Gasteiger partial charge < -0.3 is 13.9 Å². The molecule has 17 aromatic carbocycles. The lowest BCUT2D eigenvalue weighted by molar-refractivity contribution is 0.415. The zero-order valence-corrected chi connectivity index (χ0v) is 50.6. The Hall–Kier alpha value is -12.0. The van der Waals surface area contributed by atoms with Gasteiger partial charge in [-0.3, -0.25) is 0 Å². The maximum atomic E-state index is 5.48. The molecular formula is C89H58N2O. The summed E-state index contributed by atoms with van der Waals surface area (Å²) >= 11 is 0. The normalized spacial score (nSPS) is 11.8. The highest BCUT2D eigenvalue weighted by molar-refractivity contribution is 6.24. The Balaban J connectivity index is 0.000000136. The van der Waals surface area contributed by atoms with Crippen LogP contribution in [0.25, 0.3) is 175 Å². The number of para-hydroxylation sites is 4. The highest BCUT2D eigenvalue weighted by atomic mass is 16.5.